The van der Waals surface area contributed by atoms with Crippen LogP contribution in [-0.2, 0) is 13.0 Å². The molecule has 0 amide bonds. The van der Waals surface area contributed by atoms with E-state index in [0.29, 0.717) is 6.42 Å². The minimum absolute atomic E-state index is 0.172. The van der Waals surface area contributed by atoms with Crippen LogP contribution in [0.3, 0.4) is 0 Å². The van der Waals surface area contributed by atoms with Crippen molar-refractivity contribution < 1.29 is 9.84 Å². The maximum Gasteiger partial charge on any atom is 0.131 e. The molecule has 0 aliphatic rings. The van der Waals surface area contributed by atoms with Gasteiger partial charge in [-0.05, 0) is 36.7 Å². The highest BCUT2D eigenvalue weighted by atomic mass is 16.5. The molecule has 0 fully saturated rings. The van der Waals surface area contributed by atoms with E-state index in [0.717, 1.165) is 35.7 Å². The molecule has 106 valence electrons. The first-order valence-electron chi connectivity index (χ1n) is 6.99. The Morgan fingerprint density at radius 2 is 1.80 bits per heavy atom. The van der Waals surface area contributed by atoms with E-state index in [1.165, 1.54) is 0 Å². The van der Waals surface area contributed by atoms with E-state index < -0.39 is 0 Å². The van der Waals surface area contributed by atoms with Gasteiger partial charge >= 0.3 is 0 Å². The van der Waals surface area contributed by atoms with E-state index in [-0.39, 0.29) is 6.61 Å². The van der Waals surface area contributed by atoms with Gasteiger partial charge in [0.25, 0.3) is 0 Å². The van der Waals surface area contributed by atoms with Crippen LogP contribution in [0.15, 0.2) is 48.5 Å². The molecule has 0 radical (unpaired) electrons. The lowest BCUT2D eigenvalue weighted by Crippen LogP contribution is -2.12. The van der Waals surface area contributed by atoms with Crippen molar-refractivity contribution in [3.8, 4) is 11.5 Å². The third-order valence-electron chi connectivity index (χ3n) is 3.09. The standard InChI is InChI=1S/C17H21NO2/c1-2-18-13-15-5-3-4-6-17(15)20-16-9-7-14(8-10-16)11-12-19/h3-10,18-19H,2,11-13H2,1H3. The van der Waals surface area contributed by atoms with Gasteiger partial charge < -0.3 is 15.2 Å². The third kappa shape index (κ3) is 4.08. The second-order valence-corrected chi connectivity index (χ2v) is 4.61. The van der Waals surface area contributed by atoms with Gasteiger partial charge in [0.1, 0.15) is 11.5 Å². The molecule has 0 atom stereocenters. The van der Waals surface area contributed by atoms with E-state index in [2.05, 4.69) is 18.3 Å². The molecule has 3 nitrogen and oxygen atoms in total. The van der Waals surface area contributed by atoms with Crippen molar-refractivity contribution >= 4 is 0 Å². The summed E-state index contributed by atoms with van der Waals surface area (Å²) >= 11 is 0. The Hall–Kier alpha value is -1.84. The fraction of sp³-hybridized carbons (Fsp3) is 0.294. The van der Waals surface area contributed by atoms with Crippen molar-refractivity contribution in [2.24, 2.45) is 0 Å². The van der Waals surface area contributed by atoms with Crippen LogP contribution in [0.5, 0.6) is 11.5 Å². The molecule has 2 N–H and O–H groups in total. The highest BCUT2D eigenvalue weighted by molar-refractivity contribution is 5.38. The Morgan fingerprint density at radius 3 is 2.50 bits per heavy atom. The van der Waals surface area contributed by atoms with Crippen LogP contribution < -0.4 is 10.1 Å². The smallest absolute Gasteiger partial charge is 0.131 e. The van der Waals surface area contributed by atoms with Crippen LogP contribution in [0.1, 0.15) is 18.1 Å². The van der Waals surface area contributed by atoms with Crippen LogP contribution in [0.25, 0.3) is 0 Å². The number of hydrogen-bond donors (Lipinski definition) is 2. The van der Waals surface area contributed by atoms with E-state index in [4.69, 9.17) is 9.84 Å². The normalized spacial score (nSPS) is 10.5. The molecule has 0 saturated carbocycles. The zero-order chi connectivity index (χ0) is 14.2. The van der Waals surface area contributed by atoms with Crippen molar-refractivity contribution in [2.75, 3.05) is 13.2 Å². The first-order valence-corrected chi connectivity index (χ1v) is 6.99. The third-order valence-corrected chi connectivity index (χ3v) is 3.09. The Balaban J connectivity index is 2.08. The summed E-state index contributed by atoms with van der Waals surface area (Å²) in [4.78, 5) is 0. The van der Waals surface area contributed by atoms with E-state index in [1.807, 2.05) is 42.5 Å². The molecular formula is C17H21NO2. The van der Waals surface area contributed by atoms with Gasteiger partial charge in [-0.25, -0.2) is 0 Å². The summed E-state index contributed by atoms with van der Waals surface area (Å²) < 4.78 is 5.94. The molecule has 0 aromatic heterocycles. The number of benzene rings is 2. The van der Waals surface area contributed by atoms with Crippen molar-refractivity contribution in [1.82, 2.24) is 5.32 Å². The topological polar surface area (TPSA) is 41.5 Å². The summed E-state index contributed by atoms with van der Waals surface area (Å²) in [6.07, 6.45) is 0.678. The number of para-hydroxylation sites is 1. The van der Waals surface area contributed by atoms with Crippen molar-refractivity contribution in [1.29, 1.82) is 0 Å². The molecule has 0 unspecified atom stereocenters. The number of rotatable bonds is 7. The zero-order valence-corrected chi connectivity index (χ0v) is 11.8. The molecule has 2 aromatic carbocycles. The SMILES string of the molecule is CCNCc1ccccc1Oc1ccc(CCO)cc1. The number of aliphatic hydroxyl groups excluding tert-OH is 1. The minimum atomic E-state index is 0.172. The van der Waals surface area contributed by atoms with Crippen LogP contribution in [-0.4, -0.2) is 18.3 Å². The molecule has 2 aromatic rings. The van der Waals surface area contributed by atoms with Gasteiger partial charge in [0.05, 0.1) is 0 Å². The minimum Gasteiger partial charge on any atom is -0.457 e. The fourth-order valence-corrected chi connectivity index (χ4v) is 1.99. The van der Waals surface area contributed by atoms with Crippen molar-refractivity contribution in [3.05, 3.63) is 59.7 Å². The Bertz CT molecular complexity index is 523. The van der Waals surface area contributed by atoms with Gasteiger partial charge in [0.2, 0.25) is 0 Å². The van der Waals surface area contributed by atoms with E-state index in [1.54, 1.807) is 0 Å². The molecule has 0 aliphatic carbocycles. The lowest BCUT2D eigenvalue weighted by Gasteiger charge is -2.11. The highest BCUT2D eigenvalue weighted by Crippen LogP contribution is 2.25. The molecule has 20 heavy (non-hydrogen) atoms. The molecule has 0 saturated heterocycles. The lowest BCUT2D eigenvalue weighted by molar-refractivity contribution is 0.299. The zero-order valence-electron chi connectivity index (χ0n) is 11.8. The molecule has 0 bridgehead atoms. The van der Waals surface area contributed by atoms with Crippen LogP contribution in [0.4, 0.5) is 0 Å². The van der Waals surface area contributed by atoms with Gasteiger partial charge in [-0.1, -0.05) is 37.3 Å². The average molecular weight is 271 g/mol. The van der Waals surface area contributed by atoms with E-state index in [9.17, 15) is 0 Å². The molecule has 0 aliphatic heterocycles. The number of aliphatic hydroxyl groups is 1. The Morgan fingerprint density at radius 1 is 1.05 bits per heavy atom. The summed E-state index contributed by atoms with van der Waals surface area (Å²) in [6.45, 7) is 3.99. The lowest BCUT2D eigenvalue weighted by atomic mass is 10.1. The van der Waals surface area contributed by atoms with Crippen LogP contribution in [0, 0.1) is 0 Å². The first kappa shape index (κ1) is 14.6. The predicted octanol–water partition coefficient (Wildman–Crippen LogP) is 3.12. The van der Waals surface area contributed by atoms with Gasteiger partial charge in [0.15, 0.2) is 0 Å². The second-order valence-electron chi connectivity index (χ2n) is 4.61. The fourth-order valence-electron chi connectivity index (χ4n) is 1.99. The monoisotopic (exact) mass is 271 g/mol. The van der Waals surface area contributed by atoms with Gasteiger partial charge in [-0.3, -0.25) is 0 Å². The molecule has 3 heteroatoms. The Labute approximate surface area is 120 Å². The Kier molecular flexibility index (Phi) is 5.59. The quantitative estimate of drug-likeness (QED) is 0.813. The summed E-state index contributed by atoms with van der Waals surface area (Å²) in [5.41, 5.74) is 2.26. The van der Waals surface area contributed by atoms with Gasteiger partial charge in [-0.15, -0.1) is 0 Å². The summed E-state index contributed by atoms with van der Waals surface area (Å²) in [6, 6.07) is 15.9. The summed E-state index contributed by atoms with van der Waals surface area (Å²) in [5, 5.41) is 12.2. The molecule has 0 heterocycles. The van der Waals surface area contributed by atoms with Crippen molar-refractivity contribution in [2.45, 2.75) is 19.9 Å². The predicted molar refractivity (Wildman–Crippen MR) is 81.1 cm³/mol. The van der Waals surface area contributed by atoms with Gasteiger partial charge in [-0.2, -0.15) is 0 Å². The number of hydrogen-bond acceptors (Lipinski definition) is 3. The molecule has 2 rings (SSSR count). The van der Waals surface area contributed by atoms with Crippen LogP contribution in [0.2, 0.25) is 0 Å². The number of nitrogens with one attached hydrogen (secondary N) is 1. The average Bonchev–Trinajstić information content (AvgIpc) is 2.49. The maximum absolute atomic E-state index is 8.90. The van der Waals surface area contributed by atoms with Gasteiger partial charge in [0, 0.05) is 18.7 Å². The summed E-state index contributed by atoms with van der Waals surface area (Å²) in [7, 11) is 0. The van der Waals surface area contributed by atoms with Crippen molar-refractivity contribution in [3.63, 3.8) is 0 Å². The molecule has 0 spiro atoms. The maximum atomic E-state index is 8.90. The second kappa shape index (κ2) is 7.68. The first-order chi connectivity index (χ1) is 9.83. The largest absolute Gasteiger partial charge is 0.457 e. The summed E-state index contributed by atoms with van der Waals surface area (Å²) in [5.74, 6) is 1.69. The number of ether oxygens (including phenoxy) is 1. The highest BCUT2D eigenvalue weighted by Gasteiger charge is 2.04. The van der Waals surface area contributed by atoms with Crippen LogP contribution >= 0.6 is 0 Å². The van der Waals surface area contributed by atoms with E-state index >= 15 is 0 Å². The molecular weight excluding hydrogens is 250 g/mol.